The van der Waals surface area contributed by atoms with Crippen LogP contribution in [0.1, 0.15) is 44.1 Å². The number of hydrogen-bond acceptors (Lipinski definition) is 5. The molecule has 31 heavy (non-hydrogen) atoms. The number of carbonyl (C=O) groups excluding carboxylic acids is 1. The molecule has 0 spiro atoms. The lowest BCUT2D eigenvalue weighted by molar-refractivity contribution is -0.125. The minimum Gasteiger partial charge on any atom is -0.353 e. The Balaban J connectivity index is 1.44. The number of rotatable bonds is 5. The molecule has 1 atom stereocenters. The summed E-state index contributed by atoms with van der Waals surface area (Å²) in [5, 5.41) is 5.18. The van der Waals surface area contributed by atoms with E-state index in [4.69, 9.17) is 4.98 Å². The average molecular weight is 437 g/mol. The predicted octanol–water partition coefficient (Wildman–Crippen LogP) is 3.78. The summed E-state index contributed by atoms with van der Waals surface area (Å²) in [6.07, 6.45) is 6.41. The first-order chi connectivity index (χ1) is 15.2. The van der Waals surface area contributed by atoms with Crippen molar-refractivity contribution < 1.29 is 4.79 Å². The number of fused-ring (bicyclic) bond motifs is 1. The Hall–Kier alpha value is -2.67. The molecular weight excluding hydrogens is 408 g/mol. The van der Waals surface area contributed by atoms with Gasteiger partial charge in [-0.25, -0.2) is 4.98 Å². The highest BCUT2D eigenvalue weighted by molar-refractivity contribution is 7.17. The number of nitrogens with zero attached hydrogens (tertiary/aromatic N) is 3. The van der Waals surface area contributed by atoms with E-state index in [-0.39, 0.29) is 17.4 Å². The van der Waals surface area contributed by atoms with Gasteiger partial charge in [-0.2, -0.15) is 0 Å². The zero-order valence-corrected chi connectivity index (χ0v) is 18.4. The molecule has 2 aromatic heterocycles. The molecule has 3 heterocycles. The van der Waals surface area contributed by atoms with E-state index in [0.29, 0.717) is 29.8 Å². The van der Waals surface area contributed by atoms with Gasteiger partial charge in [0.2, 0.25) is 11.9 Å². The maximum Gasteiger partial charge on any atom is 0.273 e. The van der Waals surface area contributed by atoms with Gasteiger partial charge in [0.25, 0.3) is 5.56 Å². The van der Waals surface area contributed by atoms with Crippen molar-refractivity contribution in [2.24, 2.45) is 5.92 Å². The van der Waals surface area contributed by atoms with Gasteiger partial charge in [-0.15, -0.1) is 11.3 Å². The molecule has 1 aliphatic heterocycles. The minimum atomic E-state index is -0.0606. The molecule has 0 unspecified atom stereocenters. The van der Waals surface area contributed by atoms with Gasteiger partial charge < -0.3 is 10.2 Å². The van der Waals surface area contributed by atoms with Gasteiger partial charge in [0.1, 0.15) is 4.70 Å². The van der Waals surface area contributed by atoms with Gasteiger partial charge >= 0.3 is 0 Å². The van der Waals surface area contributed by atoms with Crippen LogP contribution in [-0.2, 0) is 11.3 Å². The number of anilines is 1. The van der Waals surface area contributed by atoms with Gasteiger partial charge in [0.15, 0.2) is 0 Å². The van der Waals surface area contributed by atoms with Crippen LogP contribution >= 0.6 is 11.3 Å². The summed E-state index contributed by atoms with van der Waals surface area (Å²) in [5.41, 5.74) is 1.80. The maximum atomic E-state index is 13.3. The molecule has 1 saturated carbocycles. The fraction of sp³-hybridized carbons (Fsp3) is 0.458. The lowest BCUT2D eigenvalue weighted by Gasteiger charge is -2.34. The first-order valence-electron chi connectivity index (χ1n) is 11.3. The van der Waals surface area contributed by atoms with Crippen LogP contribution in [-0.4, -0.2) is 34.6 Å². The fourth-order valence-electron chi connectivity index (χ4n) is 4.84. The summed E-state index contributed by atoms with van der Waals surface area (Å²) in [5.74, 6) is 0.776. The first kappa shape index (κ1) is 20.2. The zero-order valence-electron chi connectivity index (χ0n) is 17.6. The number of amides is 1. The molecule has 1 aromatic carbocycles. The Morgan fingerprint density at radius 2 is 1.90 bits per heavy atom. The smallest absolute Gasteiger partial charge is 0.273 e. The van der Waals surface area contributed by atoms with E-state index in [0.717, 1.165) is 43.3 Å². The van der Waals surface area contributed by atoms with E-state index in [9.17, 15) is 9.59 Å². The Labute approximate surface area is 185 Å². The summed E-state index contributed by atoms with van der Waals surface area (Å²) < 4.78 is 2.47. The molecule has 2 fully saturated rings. The van der Waals surface area contributed by atoms with E-state index < -0.39 is 0 Å². The standard InChI is InChI=1S/C24H28N4O2S/c29-22(25-19-10-4-5-11-19)18-9-6-13-27(16-18)24-26-20-12-14-31-21(20)23(30)28(24)15-17-7-2-1-3-8-17/h1-3,7-8,12,14,18-19H,4-6,9-11,13,15-16H2,(H,25,29)/t18-/m1/s1. The number of aromatic nitrogens is 2. The van der Waals surface area contributed by atoms with Crippen molar-refractivity contribution in [2.75, 3.05) is 18.0 Å². The molecule has 1 saturated heterocycles. The number of benzene rings is 1. The summed E-state index contributed by atoms with van der Waals surface area (Å²) in [6.45, 7) is 1.89. The summed E-state index contributed by atoms with van der Waals surface area (Å²) in [4.78, 5) is 33.3. The minimum absolute atomic E-state index is 0.00335. The molecule has 0 bridgehead atoms. The second-order valence-electron chi connectivity index (χ2n) is 8.70. The second-order valence-corrected chi connectivity index (χ2v) is 9.61. The van der Waals surface area contributed by atoms with Crippen LogP contribution in [0.4, 0.5) is 5.95 Å². The van der Waals surface area contributed by atoms with Crippen LogP contribution in [0.25, 0.3) is 10.2 Å². The Bertz CT molecular complexity index is 1120. The Kier molecular flexibility index (Phi) is 5.76. The topological polar surface area (TPSA) is 67.2 Å². The molecule has 2 aliphatic rings. The van der Waals surface area contributed by atoms with Crippen LogP contribution in [0, 0.1) is 5.92 Å². The average Bonchev–Trinajstić information content (AvgIpc) is 3.48. The van der Waals surface area contributed by atoms with Crippen molar-refractivity contribution in [2.45, 2.75) is 51.1 Å². The van der Waals surface area contributed by atoms with E-state index in [1.165, 1.54) is 24.2 Å². The molecule has 1 aliphatic carbocycles. The van der Waals surface area contributed by atoms with E-state index >= 15 is 0 Å². The van der Waals surface area contributed by atoms with Crippen LogP contribution in [0.3, 0.4) is 0 Å². The molecule has 7 heteroatoms. The Morgan fingerprint density at radius 3 is 2.71 bits per heavy atom. The Morgan fingerprint density at radius 1 is 1.10 bits per heavy atom. The van der Waals surface area contributed by atoms with Crippen molar-refractivity contribution in [1.82, 2.24) is 14.9 Å². The van der Waals surface area contributed by atoms with Crippen LogP contribution in [0.15, 0.2) is 46.6 Å². The van der Waals surface area contributed by atoms with Crippen LogP contribution < -0.4 is 15.8 Å². The lowest BCUT2D eigenvalue weighted by atomic mass is 9.97. The van der Waals surface area contributed by atoms with E-state index in [1.807, 2.05) is 41.8 Å². The third-order valence-electron chi connectivity index (χ3n) is 6.51. The first-order valence-corrected chi connectivity index (χ1v) is 12.1. The number of nitrogens with one attached hydrogen (secondary N) is 1. The number of carbonyl (C=O) groups is 1. The van der Waals surface area contributed by atoms with Crippen molar-refractivity contribution in [3.8, 4) is 0 Å². The van der Waals surface area contributed by atoms with E-state index in [2.05, 4.69) is 10.2 Å². The zero-order chi connectivity index (χ0) is 21.2. The van der Waals surface area contributed by atoms with Gasteiger partial charge in [0.05, 0.1) is 18.0 Å². The van der Waals surface area contributed by atoms with Crippen molar-refractivity contribution in [3.63, 3.8) is 0 Å². The van der Waals surface area contributed by atoms with Gasteiger partial charge in [-0.1, -0.05) is 43.2 Å². The normalized spacial score (nSPS) is 19.7. The predicted molar refractivity (Wildman–Crippen MR) is 125 cm³/mol. The largest absolute Gasteiger partial charge is 0.353 e. The van der Waals surface area contributed by atoms with Crippen molar-refractivity contribution in [1.29, 1.82) is 0 Å². The molecule has 3 aromatic rings. The third-order valence-corrected chi connectivity index (χ3v) is 7.40. The van der Waals surface area contributed by atoms with Gasteiger partial charge in [0, 0.05) is 19.1 Å². The van der Waals surface area contributed by atoms with Crippen molar-refractivity contribution >= 4 is 33.4 Å². The van der Waals surface area contributed by atoms with Gasteiger partial charge in [-0.05, 0) is 42.7 Å². The summed E-state index contributed by atoms with van der Waals surface area (Å²) in [7, 11) is 0. The van der Waals surface area contributed by atoms with Crippen LogP contribution in [0.5, 0.6) is 0 Å². The monoisotopic (exact) mass is 436 g/mol. The second kappa shape index (κ2) is 8.83. The number of piperidine rings is 1. The number of hydrogen-bond donors (Lipinski definition) is 1. The van der Waals surface area contributed by atoms with E-state index in [1.54, 1.807) is 4.57 Å². The molecule has 1 amide bonds. The molecule has 0 radical (unpaired) electrons. The maximum absolute atomic E-state index is 13.3. The molecule has 6 nitrogen and oxygen atoms in total. The lowest BCUT2D eigenvalue weighted by Crippen LogP contribution is -2.47. The molecule has 162 valence electrons. The van der Waals surface area contributed by atoms with Gasteiger partial charge in [-0.3, -0.25) is 14.2 Å². The molecule has 5 rings (SSSR count). The molecule has 1 N–H and O–H groups in total. The highest BCUT2D eigenvalue weighted by Crippen LogP contribution is 2.26. The quantitative estimate of drug-likeness (QED) is 0.661. The third kappa shape index (κ3) is 4.24. The summed E-state index contributed by atoms with van der Waals surface area (Å²) >= 11 is 1.44. The van der Waals surface area contributed by atoms with Crippen molar-refractivity contribution in [3.05, 3.63) is 57.7 Å². The number of thiophene rings is 1. The fourth-order valence-corrected chi connectivity index (χ4v) is 5.62. The van der Waals surface area contributed by atoms with Crippen LogP contribution in [0.2, 0.25) is 0 Å². The SMILES string of the molecule is O=C(NC1CCCC1)[C@@H]1CCCN(c2nc3ccsc3c(=O)n2Cc2ccccc2)C1. The highest BCUT2D eigenvalue weighted by Gasteiger charge is 2.30. The summed E-state index contributed by atoms with van der Waals surface area (Å²) in [6, 6.07) is 12.3. The molecular formula is C24H28N4O2S. The highest BCUT2D eigenvalue weighted by atomic mass is 32.1.